The Hall–Kier alpha value is -5.66. The van der Waals surface area contributed by atoms with Crippen LogP contribution in [0.5, 0.6) is 0 Å². The lowest BCUT2D eigenvalue weighted by Crippen LogP contribution is -1.91. The van der Waals surface area contributed by atoms with E-state index in [1.807, 2.05) is 91.0 Å². The molecule has 0 spiro atoms. The smallest absolute Gasteiger partial charge is 0.136 e. The quantitative estimate of drug-likeness (QED) is 0.197. The minimum atomic E-state index is -0.632. The fraction of sp³-hybridized carbons (Fsp3) is 0. The molecule has 0 fully saturated rings. The molecule has 0 unspecified atom stereocenters. The summed E-state index contributed by atoms with van der Waals surface area (Å²) in [7, 11) is 0. The number of furan rings is 1. The van der Waals surface area contributed by atoms with Gasteiger partial charge in [0.1, 0.15) is 11.2 Å². The van der Waals surface area contributed by atoms with Crippen molar-refractivity contribution in [3.8, 4) is 33.4 Å². The predicted octanol–water partition coefficient (Wildman–Crippen LogP) is 12.0. The van der Waals surface area contributed by atoms with Crippen LogP contribution in [0.3, 0.4) is 0 Å². The summed E-state index contributed by atoms with van der Waals surface area (Å²) in [5, 5.41) is 4.34. The van der Waals surface area contributed by atoms with Gasteiger partial charge in [0.2, 0.25) is 0 Å². The van der Waals surface area contributed by atoms with Gasteiger partial charge in [-0.1, -0.05) is 133 Å². The van der Waals surface area contributed by atoms with E-state index in [-0.39, 0.29) is 16.3 Å². The van der Waals surface area contributed by atoms with Crippen molar-refractivity contribution >= 4 is 54.3 Å². The minimum absolute atomic E-state index is 0.0206. The van der Waals surface area contributed by atoms with Gasteiger partial charge in [-0.3, -0.25) is 0 Å². The highest BCUT2D eigenvalue weighted by atomic mass is 16.3. The maximum absolute atomic E-state index is 9.37. The molecular weight excluding hydrogens is 520 g/mol. The third kappa shape index (κ3) is 3.79. The van der Waals surface area contributed by atoms with Crippen molar-refractivity contribution in [2.75, 3.05) is 0 Å². The first-order valence-corrected chi connectivity index (χ1v) is 13.9. The van der Waals surface area contributed by atoms with E-state index in [9.17, 15) is 5.48 Å². The lowest BCUT2D eigenvalue weighted by molar-refractivity contribution is 0.669. The molecule has 1 nitrogen and oxygen atoms in total. The van der Waals surface area contributed by atoms with Crippen LogP contribution in [0.4, 0.5) is 0 Å². The standard InChI is InChI=1S/C42H26O/c1-2-10-30-25-31(22-19-27(30)9-1)28-17-20-29(21-18-28)41-35-12-3-5-14-37(35)42(38-15-6-4-13-36(38)41)32-23-24-34-33-11-7-8-16-39(33)43-40(34)26-32/h1-26H/i1D,2D,9D,10D,17D,18D,19D,20D,21D,22D,25D. The molecule has 0 aliphatic rings. The van der Waals surface area contributed by atoms with Crippen LogP contribution in [-0.2, 0) is 0 Å². The Balaban J connectivity index is 1.34. The van der Waals surface area contributed by atoms with Crippen molar-refractivity contribution < 1.29 is 19.5 Å². The summed E-state index contributed by atoms with van der Waals surface area (Å²) in [5.74, 6) is 0. The van der Waals surface area contributed by atoms with Gasteiger partial charge in [-0.05, 0) is 89.9 Å². The maximum Gasteiger partial charge on any atom is 0.136 e. The zero-order valence-corrected chi connectivity index (χ0v) is 22.6. The van der Waals surface area contributed by atoms with E-state index >= 15 is 0 Å². The number of hydrogen-bond acceptors (Lipinski definition) is 1. The van der Waals surface area contributed by atoms with Crippen LogP contribution in [0.2, 0.25) is 0 Å². The minimum Gasteiger partial charge on any atom is -0.456 e. The molecule has 0 amide bonds. The Kier molecular flexibility index (Phi) is 3.41. The van der Waals surface area contributed by atoms with Crippen molar-refractivity contribution in [1.29, 1.82) is 0 Å². The van der Waals surface area contributed by atoms with Gasteiger partial charge in [0.25, 0.3) is 0 Å². The number of benzene rings is 8. The molecule has 8 aromatic carbocycles. The van der Waals surface area contributed by atoms with Crippen LogP contribution < -0.4 is 0 Å². The molecule has 1 heterocycles. The van der Waals surface area contributed by atoms with Gasteiger partial charge in [-0.15, -0.1) is 0 Å². The monoisotopic (exact) mass is 557 g/mol. The van der Waals surface area contributed by atoms with Crippen LogP contribution in [0.25, 0.3) is 87.6 Å². The molecular formula is C42H26O. The highest BCUT2D eigenvalue weighted by molar-refractivity contribution is 6.22. The second kappa shape index (κ2) is 9.44. The van der Waals surface area contributed by atoms with Gasteiger partial charge in [0.15, 0.2) is 0 Å². The molecule has 1 heteroatoms. The van der Waals surface area contributed by atoms with Crippen LogP contribution in [-0.4, -0.2) is 0 Å². The Morgan fingerprint density at radius 3 is 1.63 bits per heavy atom. The summed E-state index contributed by atoms with van der Waals surface area (Å²) >= 11 is 0. The summed E-state index contributed by atoms with van der Waals surface area (Å²) in [6.45, 7) is 0. The Labute approximate surface area is 264 Å². The molecule has 1 aromatic heterocycles. The van der Waals surface area contributed by atoms with E-state index in [0.29, 0.717) is 16.3 Å². The van der Waals surface area contributed by atoms with Crippen LogP contribution in [0, 0.1) is 0 Å². The first-order chi connectivity index (χ1) is 25.9. The molecule has 200 valence electrons. The highest BCUT2D eigenvalue weighted by Gasteiger charge is 2.17. The molecule has 0 saturated heterocycles. The van der Waals surface area contributed by atoms with E-state index in [2.05, 4.69) is 0 Å². The zero-order valence-electron chi connectivity index (χ0n) is 33.6. The first-order valence-electron chi connectivity index (χ1n) is 19.4. The summed E-state index contributed by atoms with van der Waals surface area (Å²) in [5.41, 5.74) is 2.99. The fourth-order valence-corrected chi connectivity index (χ4v) is 6.06. The molecule has 0 radical (unpaired) electrons. The lowest BCUT2D eigenvalue weighted by atomic mass is 9.85. The van der Waals surface area contributed by atoms with Crippen molar-refractivity contribution in [3.63, 3.8) is 0 Å². The molecule has 0 saturated carbocycles. The van der Waals surface area contributed by atoms with E-state index in [4.69, 9.17) is 14.0 Å². The Bertz CT molecular complexity index is 3040. The molecule has 0 bridgehead atoms. The second-order valence-corrected chi connectivity index (χ2v) is 10.4. The summed E-state index contributed by atoms with van der Waals surface area (Å²) < 4.78 is 103. The SMILES string of the molecule is [2H]c1c([2H])c(-c2c3ccccc3c(-c3ccc4c(c3)oc3ccccc34)c3ccccc23)c([2H])c([2H])c1-c1c([2H])c([2H])c2c([2H])c([2H])c([2H])c([2H])c2c1[2H]. The predicted molar refractivity (Wildman–Crippen MR) is 183 cm³/mol. The molecule has 0 aliphatic carbocycles. The number of fused-ring (bicyclic) bond motifs is 6. The van der Waals surface area contributed by atoms with Gasteiger partial charge in [0.05, 0.1) is 15.1 Å². The normalized spacial score (nSPS) is 15.3. The third-order valence-corrected chi connectivity index (χ3v) is 7.97. The summed E-state index contributed by atoms with van der Waals surface area (Å²) in [4.78, 5) is 0. The molecule has 0 N–H and O–H groups in total. The lowest BCUT2D eigenvalue weighted by Gasteiger charge is -2.18. The Morgan fingerprint density at radius 2 is 0.930 bits per heavy atom. The van der Waals surface area contributed by atoms with E-state index in [0.717, 1.165) is 43.8 Å². The summed E-state index contributed by atoms with van der Waals surface area (Å²) in [6.07, 6.45) is 0. The van der Waals surface area contributed by atoms with E-state index < -0.39 is 77.6 Å². The average molecular weight is 558 g/mol. The maximum atomic E-state index is 9.37. The van der Waals surface area contributed by atoms with Crippen molar-refractivity contribution in [2.24, 2.45) is 0 Å². The molecule has 0 atom stereocenters. The third-order valence-electron chi connectivity index (χ3n) is 7.97. The highest BCUT2D eigenvalue weighted by Crippen LogP contribution is 2.45. The fourth-order valence-electron chi connectivity index (χ4n) is 6.06. The molecule has 43 heavy (non-hydrogen) atoms. The van der Waals surface area contributed by atoms with Crippen molar-refractivity contribution in [1.82, 2.24) is 0 Å². The summed E-state index contributed by atoms with van der Waals surface area (Å²) in [6, 6.07) is 23.0. The topological polar surface area (TPSA) is 13.1 Å². The van der Waals surface area contributed by atoms with E-state index in [1.54, 1.807) is 0 Å². The van der Waals surface area contributed by atoms with Gasteiger partial charge >= 0.3 is 0 Å². The van der Waals surface area contributed by atoms with Crippen LogP contribution in [0.1, 0.15) is 15.1 Å². The van der Waals surface area contributed by atoms with Gasteiger partial charge < -0.3 is 4.42 Å². The number of para-hydroxylation sites is 1. The van der Waals surface area contributed by atoms with E-state index in [1.165, 1.54) is 0 Å². The van der Waals surface area contributed by atoms with Crippen LogP contribution in [0.15, 0.2) is 162 Å². The van der Waals surface area contributed by atoms with Gasteiger partial charge in [-0.2, -0.15) is 0 Å². The van der Waals surface area contributed by atoms with Crippen molar-refractivity contribution in [2.45, 2.75) is 0 Å². The van der Waals surface area contributed by atoms with Crippen molar-refractivity contribution in [3.05, 3.63) is 157 Å². The number of hydrogen-bond donors (Lipinski definition) is 0. The van der Waals surface area contributed by atoms with Crippen LogP contribution >= 0.6 is 0 Å². The number of rotatable bonds is 3. The largest absolute Gasteiger partial charge is 0.456 e. The average Bonchev–Trinajstić information content (AvgIpc) is 3.55. The molecule has 9 aromatic rings. The Morgan fingerprint density at radius 1 is 0.395 bits per heavy atom. The van der Waals surface area contributed by atoms with Gasteiger partial charge in [-0.25, -0.2) is 0 Å². The first kappa shape index (κ1) is 15.5. The molecule has 0 aliphatic heterocycles. The molecule has 9 rings (SSSR count). The second-order valence-electron chi connectivity index (χ2n) is 10.4. The van der Waals surface area contributed by atoms with Gasteiger partial charge in [0, 0.05) is 10.8 Å². The zero-order chi connectivity index (χ0) is 37.9.